The maximum absolute atomic E-state index is 6.02. The zero-order chi connectivity index (χ0) is 14.8. The van der Waals surface area contributed by atoms with E-state index < -0.39 is 0 Å². The monoisotopic (exact) mass is 270 g/mol. The standard InChI is InChI=1S/C16H34N2O/c1-12(2)14(9-17-15(4,5)6)18-10-13(3)19-16(7,8)11-18/h12-14,17H,9-11H2,1-8H3. The van der Waals surface area contributed by atoms with Crippen LogP contribution in [0.1, 0.15) is 55.4 Å². The fourth-order valence-corrected chi connectivity index (χ4v) is 2.95. The number of rotatable bonds is 4. The number of ether oxygens (including phenoxy) is 1. The zero-order valence-electron chi connectivity index (χ0n) is 14.2. The van der Waals surface area contributed by atoms with E-state index in [1.165, 1.54) is 0 Å². The summed E-state index contributed by atoms with van der Waals surface area (Å²) in [4.78, 5) is 2.61. The van der Waals surface area contributed by atoms with Gasteiger partial charge in [0.2, 0.25) is 0 Å². The quantitative estimate of drug-likeness (QED) is 0.850. The van der Waals surface area contributed by atoms with Gasteiger partial charge in [-0.2, -0.15) is 0 Å². The Morgan fingerprint density at radius 3 is 2.32 bits per heavy atom. The Labute approximate surface area is 120 Å². The van der Waals surface area contributed by atoms with Crippen LogP contribution >= 0.6 is 0 Å². The lowest BCUT2D eigenvalue weighted by Gasteiger charge is -2.46. The summed E-state index contributed by atoms with van der Waals surface area (Å²) in [7, 11) is 0. The molecule has 2 unspecified atom stereocenters. The van der Waals surface area contributed by atoms with Crippen molar-refractivity contribution in [2.24, 2.45) is 5.92 Å². The molecule has 1 N–H and O–H groups in total. The molecule has 2 atom stereocenters. The minimum absolute atomic E-state index is 0.0352. The second kappa shape index (κ2) is 6.11. The van der Waals surface area contributed by atoms with Gasteiger partial charge in [-0.3, -0.25) is 4.90 Å². The van der Waals surface area contributed by atoms with E-state index in [2.05, 4.69) is 65.6 Å². The normalized spacial score (nSPS) is 26.7. The lowest BCUT2D eigenvalue weighted by atomic mass is 9.96. The van der Waals surface area contributed by atoms with Gasteiger partial charge in [-0.15, -0.1) is 0 Å². The van der Waals surface area contributed by atoms with Crippen LogP contribution in [0.25, 0.3) is 0 Å². The summed E-state index contributed by atoms with van der Waals surface area (Å²) in [5, 5.41) is 3.66. The molecule has 1 aliphatic heterocycles. The SMILES string of the molecule is CC1CN(C(CNC(C)(C)C)C(C)C)CC(C)(C)O1. The molecule has 0 bridgehead atoms. The largest absolute Gasteiger partial charge is 0.370 e. The van der Waals surface area contributed by atoms with Crippen molar-refractivity contribution in [2.45, 2.75) is 78.7 Å². The van der Waals surface area contributed by atoms with Gasteiger partial charge in [0.05, 0.1) is 11.7 Å². The third-order valence-electron chi connectivity index (χ3n) is 3.68. The summed E-state index contributed by atoms with van der Waals surface area (Å²) in [6.07, 6.45) is 0.319. The maximum Gasteiger partial charge on any atom is 0.0757 e. The maximum atomic E-state index is 6.02. The average Bonchev–Trinajstić information content (AvgIpc) is 2.11. The molecule has 0 aromatic heterocycles. The van der Waals surface area contributed by atoms with E-state index in [1.807, 2.05) is 0 Å². The fraction of sp³-hybridized carbons (Fsp3) is 1.00. The molecule has 0 aliphatic carbocycles. The highest BCUT2D eigenvalue weighted by molar-refractivity contribution is 4.89. The minimum Gasteiger partial charge on any atom is -0.370 e. The number of hydrogen-bond donors (Lipinski definition) is 1. The van der Waals surface area contributed by atoms with E-state index in [-0.39, 0.29) is 11.1 Å². The molecule has 1 heterocycles. The molecule has 1 fully saturated rings. The number of morpholine rings is 1. The van der Waals surface area contributed by atoms with Gasteiger partial charge in [0.15, 0.2) is 0 Å². The second-order valence-electron chi connectivity index (χ2n) is 8.06. The van der Waals surface area contributed by atoms with Crippen LogP contribution in [0.5, 0.6) is 0 Å². The van der Waals surface area contributed by atoms with E-state index in [9.17, 15) is 0 Å². The van der Waals surface area contributed by atoms with Crippen LogP contribution in [0, 0.1) is 5.92 Å². The smallest absolute Gasteiger partial charge is 0.0757 e. The van der Waals surface area contributed by atoms with Crippen LogP contribution in [0.15, 0.2) is 0 Å². The van der Waals surface area contributed by atoms with Gasteiger partial charge >= 0.3 is 0 Å². The molecule has 3 nitrogen and oxygen atoms in total. The molecule has 1 saturated heterocycles. The summed E-state index contributed by atoms with van der Waals surface area (Å²) in [6, 6.07) is 0.574. The first-order valence-corrected chi connectivity index (χ1v) is 7.67. The highest BCUT2D eigenvalue weighted by atomic mass is 16.5. The average molecular weight is 270 g/mol. The van der Waals surface area contributed by atoms with Crippen molar-refractivity contribution in [3.8, 4) is 0 Å². The lowest BCUT2D eigenvalue weighted by molar-refractivity contribution is -0.141. The molecule has 0 aromatic rings. The Balaban J connectivity index is 2.70. The summed E-state index contributed by atoms with van der Waals surface area (Å²) in [5.41, 5.74) is 0.146. The summed E-state index contributed by atoms with van der Waals surface area (Å²) in [6.45, 7) is 21.0. The molecule has 1 rings (SSSR count). The molecule has 0 saturated carbocycles. The van der Waals surface area contributed by atoms with E-state index in [0.717, 1.165) is 19.6 Å². The summed E-state index contributed by atoms with van der Waals surface area (Å²) < 4.78 is 6.02. The highest BCUT2D eigenvalue weighted by Crippen LogP contribution is 2.24. The zero-order valence-corrected chi connectivity index (χ0v) is 14.2. The predicted octanol–water partition coefficient (Wildman–Crippen LogP) is 2.90. The van der Waals surface area contributed by atoms with Crippen molar-refractivity contribution in [2.75, 3.05) is 19.6 Å². The van der Waals surface area contributed by atoms with Crippen LogP contribution in [0.4, 0.5) is 0 Å². The van der Waals surface area contributed by atoms with Crippen LogP contribution in [-0.4, -0.2) is 47.8 Å². The van der Waals surface area contributed by atoms with Crippen molar-refractivity contribution >= 4 is 0 Å². The van der Waals surface area contributed by atoms with Gasteiger partial charge in [0.25, 0.3) is 0 Å². The second-order valence-corrected chi connectivity index (χ2v) is 8.06. The predicted molar refractivity (Wildman–Crippen MR) is 82.6 cm³/mol. The van der Waals surface area contributed by atoms with Gasteiger partial charge in [0, 0.05) is 31.2 Å². The first-order valence-electron chi connectivity index (χ1n) is 7.67. The molecule has 0 aromatic carbocycles. The van der Waals surface area contributed by atoms with Gasteiger partial charge in [0.1, 0.15) is 0 Å². The van der Waals surface area contributed by atoms with E-state index >= 15 is 0 Å². The number of nitrogens with one attached hydrogen (secondary N) is 1. The molecule has 114 valence electrons. The van der Waals surface area contributed by atoms with Crippen molar-refractivity contribution in [3.63, 3.8) is 0 Å². The van der Waals surface area contributed by atoms with Crippen molar-refractivity contribution in [1.29, 1.82) is 0 Å². The molecule has 3 heteroatoms. The lowest BCUT2D eigenvalue weighted by Crippen LogP contribution is -2.59. The molecule has 0 amide bonds. The summed E-state index contributed by atoms with van der Waals surface area (Å²) in [5.74, 6) is 0.649. The van der Waals surface area contributed by atoms with Crippen molar-refractivity contribution in [3.05, 3.63) is 0 Å². The van der Waals surface area contributed by atoms with Gasteiger partial charge in [-0.05, 0) is 47.5 Å². The molecule has 1 aliphatic rings. The molecular weight excluding hydrogens is 236 g/mol. The Kier molecular flexibility index (Phi) is 5.44. The molecule has 0 spiro atoms. The Hall–Kier alpha value is -0.120. The van der Waals surface area contributed by atoms with Crippen LogP contribution in [0.3, 0.4) is 0 Å². The van der Waals surface area contributed by atoms with E-state index in [4.69, 9.17) is 4.74 Å². The topological polar surface area (TPSA) is 24.5 Å². The van der Waals surface area contributed by atoms with Crippen molar-refractivity contribution in [1.82, 2.24) is 10.2 Å². The molecule has 0 radical (unpaired) electrons. The molecule has 19 heavy (non-hydrogen) atoms. The first-order chi connectivity index (χ1) is 8.50. The van der Waals surface area contributed by atoms with Crippen LogP contribution in [-0.2, 0) is 4.74 Å². The van der Waals surface area contributed by atoms with Crippen molar-refractivity contribution < 1.29 is 4.74 Å². The number of nitrogens with zero attached hydrogens (tertiary/aromatic N) is 1. The molecular formula is C16H34N2O. The van der Waals surface area contributed by atoms with Crippen LogP contribution < -0.4 is 5.32 Å². The summed E-state index contributed by atoms with van der Waals surface area (Å²) >= 11 is 0. The Morgan fingerprint density at radius 2 is 1.89 bits per heavy atom. The Morgan fingerprint density at radius 1 is 1.32 bits per heavy atom. The van der Waals surface area contributed by atoms with Gasteiger partial charge < -0.3 is 10.1 Å². The van der Waals surface area contributed by atoms with Crippen LogP contribution in [0.2, 0.25) is 0 Å². The fourth-order valence-electron chi connectivity index (χ4n) is 2.95. The third kappa shape index (κ3) is 5.80. The number of hydrogen-bond acceptors (Lipinski definition) is 3. The minimum atomic E-state index is -0.0352. The van der Waals surface area contributed by atoms with Gasteiger partial charge in [-0.25, -0.2) is 0 Å². The third-order valence-corrected chi connectivity index (χ3v) is 3.68. The van der Waals surface area contributed by atoms with Gasteiger partial charge in [-0.1, -0.05) is 13.8 Å². The highest BCUT2D eigenvalue weighted by Gasteiger charge is 2.35. The first kappa shape index (κ1) is 16.9. The van der Waals surface area contributed by atoms with E-state index in [0.29, 0.717) is 18.1 Å². The van der Waals surface area contributed by atoms with E-state index in [1.54, 1.807) is 0 Å². The Bertz CT molecular complexity index is 281.